The zero-order valence-electron chi connectivity index (χ0n) is 21.6. The van der Waals surface area contributed by atoms with Gasteiger partial charge in [0.05, 0.1) is 37.8 Å². The Labute approximate surface area is 237 Å². The summed E-state index contributed by atoms with van der Waals surface area (Å²) in [4.78, 5) is 28.5. The molecule has 0 aromatic heterocycles. The Kier molecular flexibility index (Phi) is 8.94. The first-order valence-electron chi connectivity index (χ1n) is 11.5. The van der Waals surface area contributed by atoms with Gasteiger partial charge in [0, 0.05) is 5.30 Å². The molecule has 0 heterocycles. The Balaban J connectivity index is 2.41. The van der Waals surface area contributed by atoms with Gasteiger partial charge in [0.2, 0.25) is 18.2 Å². The molecule has 0 aliphatic rings. The molecule has 3 aromatic rings. The number of halogens is 4. The molecule has 0 saturated carbocycles. The third-order valence-electron chi connectivity index (χ3n) is 6.96. The van der Waals surface area contributed by atoms with Crippen LogP contribution in [0.1, 0.15) is 61.0 Å². The zero-order chi connectivity index (χ0) is 28.0. The van der Waals surface area contributed by atoms with Crippen molar-refractivity contribution in [3.05, 3.63) is 88.9 Å². The largest absolute Gasteiger partial charge is 0.494 e. The second-order valence-electron chi connectivity index (χ2n) is 8.90. The zero-order valence-corrected chi connectivity index (χ0v) is 25.5. The first-order valence-corrected chi connectivity index (χ1v) is 14.8. The number of benzene rings is 3. The molecule has 0 fully saturated rings. The highest BCUT2D eigenvalue weighted by molar-refractivity contribution is 8.01. The van der Waals surface area contributed by atoms with E-state index in [0.717, 1.165) is 11.1 Å². The van der Waals surface area contributed by atoms with Gasteiger partial charge in [0.25, 0.3) is 0 Å². The molecule has 0 unspecified atom stereocenters. The average molecular weight is 600 g/mol. The summed E-state index contributed by atoms with van der Waals surface area (Å²) in [5, 5.41) is 0.184. The Morgan fingerprint density at radius 2 is 0.973 bits per heavy atom. The molecule has 4 nitrogen and oxygen atoms in total. The summed E-state index contributed by atoms with van der Waals surface area (Å²) in [5.41, 5.74) is 1.73. The first kappa shape index (κ1) is 29.7. The topological polar surface area (TPSA) is 60.4 Å². The predicted octanol–water partition coefficient (Wildman–Crippen LogP) is 9.22. The summed E-state index contributed by atoms with van der Waals surface area (Å²) in [6.45, 7) is 12.8. The summed E-state index contributed by atoms with van der Waals surface area (Å²) < 4.78 is 20.4. The van der Waals surface area contributed by atoms with Gasteiger partial charge in [-0.25, -0.2) is 0 Å². The van der Waals surface area contributed by atoms with Crippen LogP contribution in [0, 0.1) is 41.5 Å². The van der Waals surface area contributed by atoms with Crippen LogP contribution in [0.15, 0.2) is 24.3 Å². The van der Waals surface area contributed by atoms with Gasteiger partial charge in [-0.2, -0.15) is 0 Å². The maximum atomic E-state index is 14.9. The highest BCUT2D eigenvalue weighted by atomic mass is 35.5. The summed E-state index contributed by atoms with van der Waals surface area (Å²) in [6.07, 6.45) is 0. The molecule has 9 heteroatoms. The van der Waals surface area contributed by atoms with Crippen LogP contribution in [0.3, 0.4) is 0 Å². The van der Waals surface area contributed by atoms with Crippen LogP contribution in [0.4, 0.5) is 0 Å². The molecule has 0 spiro atoms. The minimum Gasteiger partial charge on any atom is -0.494 e. The van der Waals surface area contributed by atoms with Crippen LogP contribution < -0.4 is 10.0 Å². The van der Waals surface area contributed by atoms with E-state index >= 15 is 0 Å². The lowest BCUT2D eigenvalue weighted by atomic mass is 10.0. The van der Waals surface area contributed by atoms with Gasteiger partial charge in [-0.3, -0.25) is 9.59 Å². The normalized spacial score (nSPS) is 11.5. The third kappa shape index (κ3) is 4.88. The molecule has 37 heavy (non-hydrogen) atoms. The van der Waals surface area contributed by atoms with Crippen molar-refractivity contribution in [2.24, 2.45) is 0 Å². The fourth-order valence-electron chi connectivity index (χ4n) is 4.10. The first-order chi connectivity index (χ1) is 17.2. The molecule has 0 N–H and O–H groups in total. The van der Waals surface area contributed by atoms with Gasteiger partial charge >= 0.3 is 0 Å². The SMILES string of the molecule is CCOc1ccc(P(=O)(C(=O)c2c(Cl)c(C)c(C)c(C)c2Cl)C(=O)c2c(Cl)c(C)c(C)c(C)c2Cl)cc1. The monoisotopic (exact) mass is 598 g/mol. The van der Waals surface area contributed by atoms with Crippen molar-refractivity contribution >= 4 is 69.9 Å². The minimum absolute atomic E-state index is 0.00279. The molecule has 0 saturated heterocycles. The van der Waals surface area contributed by atoms with Crippen molar-refractivity contribution < 1.29 is 18.9 Å². The molecule has 0 atom stereocenters. The molecule has 0 aliphatic heterocycles. The summed E-state index contributed by atoms with van der Waals surface area (Å²) >= 11 is 26.4. The standard InChI is InChI=1S/C28H27Cl4O4P/c1-8-36-19-9-11-20(12-10-19)37(35,27(33)21-23(29)15(4)13(2)16(5)24(21)30)28(34)22-25(31)17(6)14(3)18(7)26(22)32/h9-12H,8H2,1-7H3. The van der Waals surface area contributed by atoms with Crippen LogP contribution in [-0.2, 0) is 4.57 Å². The van der Waals surface area contributed by atoms with Crippen molar-refractivity contribution in [3.63, 3.8) is 0 Å². The van der Waals surface area contributed by atoms with E-state index in [2.05, 4.69) is 0 Å². The van der Waals surface area contributed by atoms with Gasteiger partial charge in [-0.15, -0.1) is 0 Å². The second kappa shape index (κ2) is 11.1. The number of carbonyl (C=O) groups is 2. The van der Waals surface area contributed by atoms with E-state index in [1.807, 2.05) is 20.8 Å². The third-order valence-corrected chi connectivity index (χ3v) is 11.5. The van der Waals surface area contributed by atoms with Crippen LogP contribution in [0.5, 0.6) is 5.75 Å². The van der Waals surface area contributed by atoms with E-state index in [1.165, 1.54) is 12.1 Å². The number of hydrogen-bond donors (Lipinski definition) is 0. The quantitative estimate of drug-likeness (QED) is 0.254. The lowest BCUT2D eigenvalue weighted by molar-refractivity contribution is 0.104. The summed E-state index contributed by atoms with van der Waals surface area (Å²) in [6, 6.07) is 5.98. The molecule has 3 aromatic carbocycles. The molecule has 0 radical (unpaired) electrons. The highest BCUT2D eigenvalue weighted by Gasteiger charge is 2.46. The van der Waals surface area contributed by atoms with E-state index in [-0.39, 0.29) is 36.5 Å². The minimum atomic E-state index is -4.62. The lowest BCUT2D eigenvalue weighted by Gasteiger charge is -2.23. The number of ether oxygens (including phenoxy) is 1. The van der Waals surface area contributed by atoms with Crippen LogP contribution in [0.2, 0.25) is 20.1 Å². The van der Waals surface area contributed by atoms with E-state index in [1.54, 1.807) is 39.8 Å². The van der Waals surface area contributed by atoms with Gasteiger partial charge in [-0.05, 0) is 106 Å². The second-order valence-corrected chi connectivity index (χ2v) is 13.0. The van der Waals surface area contributed by atoms with Gasteiger partial charge < -0.3 is 9.30 Å². The van der Waals surface area contributed by atoms with E-state index in [4.69, 9.17) is 51.1 Å². The van der Waals surface area contributed by atoms with Crippen molar-refractivity contribution in [1.29, 1.82) is 0 Å². The van der Waals surface area contributed by atoms with Crippen LogP contribution >= 0.6 is 53.5 Å². The van der Waals surface area contributed by atoms with E-state index < -0.39 is 18.2 Å². The van der Waals surface area contributed by atoms with Crippen molar-refractivity contribution in [1.82, 2.24) is 0 Å². The summed E-state index contributed by atoms with van der Waals surface area (Å²) in [5.74, 6) is 0.494. The molecular weight excluding hydrogens is 573 g/mol. The predicted molar refractivity (Wildman–Crippen MR) is 155 cm³/mol. The maximum Gasteiger partial charge on any atom is 0.248 e. The Morgan fingerprint density at radius 1 is 0.649 bits per heavy atom. The van der Waals surface area contributed by atoms with Crippen molar-refractivity contribution in [2.45, 2.75) is 48.5 Å². The Bertz CT molecular complexity index is 1350. The smallest absolute Gasteiger partial charge is 0.248 e. The fourth-order valence-corrected chi connectivity index (χ4v) is 8.05. The number of carbonyl (C=O) groups excluding carboxylic acids is 2. The maximum absolute atomic E-state index is 14.9. The van der Waals surface area contributed by atoms with Crippen LogP contribution in [-0.4, -0.2) is 17.7 Å². The molecule has 0 bridgehead atoms. The molecule has 3 rings (SSSR count). The van der Waals surface area contributed by atoms with Crippen LogP contribution in [0.25, 0.3) is 0 Å². The van der Waals surface area contributed by atoms with E-state index in [9.17, 15) is 14.2 Å². The number of rotatable bonds is 7. The summed E-state index contributed by atoms with van der Waals surface area (Å²) in [7, 11) is -4.62. The molecule has 0 aliphatic carbocycles. The number of hydrogen-bond acceptors (Lipinski definition) is 4. The Hall–Kier alpha value is -1.81. The Morgan fingerprint density at radius 3 is 1.27 bits per heavy atom. The average Bonchev–Trinajstić information content (AvgIpc) is 2.88. The molecule has 196 valence electrons. The van der Waals surface area contributed by atoms with Crippen molar-refractivity contribution in [3.8, 4) is 5.75 Å². The molecule has 0 amide bonds. The lowest BCUT2D eigenvalue weighted by Crippen LogP contribution is -2.22. The fraction of sp³-hybridized carbons (Fsp3) is 0.286. The van der Waals surface area contributed by atoms with Crippen molar-refractivity contribution in [2.75, 3.05) is 6.61 Å². The van der Waals surface area contributed by atoms with E-state index in [0.29, 0.717) is 34.6 Å². The highest BCUT2D eigenvalue weighted by Crippen LogP contribution is 2.56. The van der Waals surface area contributed by atoms with Gasteiger partial charge in [0.1, 0.15) is 5.75 Å². The molecular formula is C28H27Cl4O4P. The van der Waals surface area contributed by atoms with Gasteiger partial charge in [-0.1, -0.05) is 46.4 Å². The van der Waals surface area contributed by atoms with Gasteiger partial charge in [0.15, 0.2) is 0 Å².